The third kappa shape index (κ3) is 2.53. The van der Waals surface area contributed by atoms with E-state index in [0.717, 1.165) is 23.3 Å². The van der Waals surface area contributed by atoms with Crippen LogP contribution in [0.25, 0.3) is 0 Å². The van der Waals surface area contributed by atoms with Crippen molar-refractivity contribution in [1.29, 1.82) is 0 Å². The van der Waals surface area contributed by atoms with Crippen LogP contribution < -0.4 is 14.8 Å². The Morgan fingerprint density at radius 2 is 2.24 bits per heavy atom. The smallest absolute Gasteiger partial charge is 0.231 e. The summed E-state index contributed by atoms with van der Waals surface area (Å²) in [5, 5.41) is 4.40. The molecule has 0 bridgehead atoms. The number of fused-ring (bicyclic) bond motifs is 1. The van der Waals surface area contributed by atoms with E-state index in [9.17, 15) is 0 Å². The Bertz CT molecular complexity index is 410. The molecule has 2 atom stereocenters. The number of hydrogen-bond donors (Lipinski definition) is 1. The molecule has 0 saturated carbocycles. The first kappa shape index (κ1) is 11.2. The fourth-order valence-electron chi connectivity index (χ4n) is 2.27. The molecular formula is C13H17NO2S. The first-order valence-electron chi connectivity index (χ1n) is 6.05. The molecule has 0 amide bonds. The largest absolute Gasteiger partial charge is 0.454 e. The molecule has 1 saturated heterocycles. The van der Waals surface area contributed by atoms with E-state index >= 15 is 0 Å². The minimum Gasteiger partial charge on any atom is -0.454 e. The van der Waals surface area contributed by atoms with Crippen molar-refractivity contribution in [3.05, 3.63) is 23.8 Å². The van der Waals surface area contributed by atoms with Crippen molar-refractivity contribution in [1.82, 2.24) is 5.32 Å². The van der Waals surface area contributed by atoms with Gasteiger partial charge in [-0.05, 0) is 24.1 Å². The molecule has 2 unspecified atom stereocenters. The molecule has 92 valence electrons. The fourth-order valence-corrected chi connectivity index (χ4v) is 3.46. The number of hydrogen-bond acceptors (Lipinski definition) is 4. The van der Waals surface area contributed by atoms with Gasteiger partial charge in [-0.1, -0.05) is 13.0 Å². The molecule has 3 rings (SSSR count). The summed E-state index contributed by atoms with van der Waals surface area (Å²) in [7, 11) is 0. The summed E-state index contributed by atoms with van der Waals surface area (Å²) in [4.78, 5) is 0. The van der Waals surface area contributed by atoms with Crippen LogP contribution in [-0.2, 0) is 6.54 Å². The van der Waals surface area contributed by atoms with Gasteiger partial charge < -0.3 is 14.8 Å². The maximum Gasteiger partial charge on any atom is 0.231 e. The van der Waals surface area contributed by atoms with Crippen LogP contribution in [0.5, 0.6) is 11.5 Å². The van der Waals surface area contributed by atoms with Gasteiger partial charge in [0.15, 0.2) is 11.5 Å². The van der Waals surface area contributed by atoms with Crippen molar-refractivity contribution in [2.24, 2.45) is 0 Å². The van der Waals surface area contributed by atoms with E-state index in [1.807, 2.05) is 6.07 Å². The summed E-state index contributed by atoms with van der Waals surface area (Å²) < 4.78 is 10.7. The zero-order chi connectivity index (χ0) is 11.7. The lowest BCUT2D eigenvalue weighted by molar-refractivity contribution is 0.174. The van der Waals surface area contributed by atoms with Gasteiger partial charge in [-0.3, -0.25) is 0 Å². The lowest BCUT2D eigenvalue weighted by Gasteiger charge is -2.11. The molecular weight excluding hydrogens is 234 g/mol. The van der Waals surface area contributed by atoms with Crippen molar-refractivity contribution in [2.75, 3.05) is 12.5 Å². The highest BCUT2D eigenvalue weighted by molar-refractivity contribution is 8.00. The minimum absolute atomic E-state index is 0.350. The summed E-state index contributed by atoms with van der Waals surface area (Å²) in [6.45, 7) is 3.56. The summed E-state index contributed by atoms with van der Waals surface area (Å²) in [5.41, 5.74) is 1.26. The SMILES string of the molecule is CC1CC(NCc2ccc3c(c2)OCO3)CS1. The number of benzene rings is 1. The van der Waals surface area contributed by atoms with Gasteiger partial charge in [0.2, 0.25) is 6.79 Å². The van der Waals surface area contributed by atoms with E-state index in [4.69, 9.17) is 9.47 Å². The van der Waals surface area contributed by atoms with Gasteiger partial charge in [0.25, 0.3) is 0 Å². The average molecular weight is 251 g/mol. The van der Waals surface area contributed by atoms with Crippen LogP contribution in [0.4, 0.5) is 0 Å². The highest BCUT2D eigenvalue weighted by atomic mass is 32.2. The van der Waals surface area contributed by atoms with Gasteiger partial charge in [-0.2, -0.15) is 11.8 Å². The van der Waals surface area contributed by atoms with E-state index in [1.54, 1.807) is 0 Å². The Labute approximate surface area is 106 Å². The Balaban J connectivity index is 1.58. The van der Waals surface area contributed by atoms with Gasteiger partial charge in [0.1, 0.15) is 0 Å². The molecule has 0 spiro atoms. The van der Waals surface area contributed by atoms with Gasteiger partial charge in [-0.15, -0.1) is 0 Å². The molecule has 1 N–H and O–H groups in total. The lowest BCUT2D eigenvalue weighted by Crippen LogP contribution is -2.28. The highest BCUT2D eigenvalue weighted by Crippen LogP contribution is 2.32. The van der Waals surface area contributed by atoms with Crippen LogP contribution in [-0.4, -0.2) is 23.8 Å². The third-order valence-electron chi connectivity index (χ3n) is 3.23. The molecule has 2 aliphatic rings. The number of nitrogens with one attached hydrogen (secondary N) is 1. The van der Waals surface area contributed by atoms with Gasteiger partial charge in [-0.25, -0.2) is 0 Å². The monoisotopic (exact) mass is 251 g/mol. The predicted molar refractivity (Wildman–Crippen MR) is 69.7 cm³/mol. The van der Waals surface area contributed by atoms with E-state index < -0.39 is 0 Å². The Morgan fingerprint density at radius 3 is 3.06 bits per heavy atom. The Kier molecular flexibility index (Phi) is 3.16. The minimum atomic E-state index is 0.350. The molecule has 3 nitrogen and oxygen atoms in total. The second-order valence-electron chi connectivity index (χ2n) is 4.65. The van der Waals surface area contributed by atoms with Crippen molar-refractivity contribution >= 4 is 11.8 Å². The highest BCUT2D eigenvalue weighted by Gasteiger charge is 2.21. The standard InChI is InChI=1S/C13H17NO2S/c1-9-4-11(7-17-9)14-6-10-2-3-12-13(5-10)16-8-15-12/h2-3,5,9,11,14H,4,6-8H2,1H3. The quantitative estimate of drug-likeness (QED) is 0.893. The zero-order valence-electron chi connectivity index (χ0n) is 9.94. The van der Waals surface area contributed by atoms with Crippen LogP contribution in [0.3, 0.4) is 0 Å². The van der Waals surface area contributed by atoms with Crippen molar-refractivity contribution in [3.8, 4) is 11.5 Å². The van der Waals surface area contributed by atoms with E-state index in [1.165, 1.54) is 17.7 Å². The van der Waals surface area contributed by atoms with Gasteiger partial charge in [0, 0.05) is 23.6 Å². The van der Waals surface area contributed by atoms with Gasteiger partial charge in [0.05, 0.1) is 0 Å². The van der Waals surface area contributed by atoms with Crippen LogP contribution in [0.1, 0.15) is 18.9 Å². The molecule has 0 aliphatic carbocycles. The first-order chi connectivity index (χ1) is 8.31. The molecule has 0 aromatic heterocycles. The second-order valence-corrected chi connectivity index (χ2v) is 6.12. The van der Waals surface area contributed by atoms with Crippen LogP contribution in [0, 0.1) is 0 Å². The zero-order valence-corrected chi connectivity index (χ0v) is 10.8. The Hall–Kier alpha value is -0.870. The maximum atomic E-state index is 5.37. The summed E-state index contributed by atoms with van der Waals surface area (Å²) >= 11 is 2.05. The van der Waals surface area contributed by atoms with Gasteiger partial charge >= 0.3 is 0 Å². The molecule has 2 heterocycles. The average Bonchev–Trinajstić information content (AvgIpc) is 2.94. The molecule has 17 heavy (non-hydrogen) atoms. The molecule has 2 aliphatic heterocycles. The molecule has 0 radical (unpaired) electrons. The Morgan fingerprint density at radius 1 is 1.35 bits per heavy atom. The summed E-state index contributed by atoms with van der Waals surface area (Å²) in [5.74, 6) is 2.96. The lowest BCUT2D eigenvalue weighted by atomic mass is 10.1. The second kappa shape index (κ2) is 4.78. The molecule has 1 aromatic carbocycles. The number of rotatable bonds is 3. The number of ether oxygens (including phenoxy) is 2. The normalized spacial score (nSPS) is 26.4. The first-order valence-corrected chi connectivity index (χ1v) is 7.09. The van der Waals surface area contributed by atoms with Crippen LogP contribution in [0.2, 0.25) is 0 Å². The topological polar surface area (TPSA) is 30.5 Å². The molecule has 1 fully saturated rings. The molecule has 4 heteroatoms. The predicted octanol–water partition coefficient (Wildman–Crippen LogP) is 2.40. The van der Waals surface area contributed by atoms with Crippen LogP contribution in [0.15, 0.2) is 18.2 Å². The fraction of sp³-hybridized carbons (Fsp3) is 0.538. The number of thioether (sulfide) groups is 1. The van der Waals surface area contributed by atoms with Crippen molar-refractivity contribution in [2.45, 2.75) is 31.2 Å². The molecule has 1 aromatic rings. The van der Waals surface area contributed by atoms with Crippen LogP contribution >= 0.6 is 11.8 Å². The van der Waals surface area contributed by atoms with E-state index in [-0.39, 0.29) is 0 Å². The summed E-state index contributed by atoms with van der Waals surface area (Å²) in [6, 6.07) is 6.82. The summed E-state index contributed by atoms with van der Waals surface area (Å²) in [6.07, 6.45) is 1.27. The van der Waals surface area contributed by atoms with E-state index in [2.05, 4.69) is 36.1 Å². The van der Waals surface area contributed by atoms with E-state index in [0.29, 0.717) is 12.8 Å². The van der Waals surface area contributed by atoms with Crippen molar-refractivity contribution < 1.29 is 9.47 Å². The third-order valence-corrected chi connectivity index (χ3v) is 4.59. The maximum absolute atomic E-state index is 5.37. The van der Waals surface area contributed by atoms with Crippen molar-refractivity contribution in [3.63, 3.8) is 0 Å².